The van der Waals surface area contributed by atoms with Crippen molar-refractivity contribution in [3.8, 4) is 0 Å². The molecule has 2 heterocycles. The second-order valence-corrected chi connectivity index (χ2v) is 5.97. The van der Waals surface area contributed by atoms with Crippen molar-refractivity contribution in [3.63, 3.8) is 0 Å². The third-order valence-electron chi connectivity index (χ3n) is 3.14. The first-order valence-electron chi connectivity index (χ1n) is 6.87. The second-order valence-electron chi connectivity index (χ2n) is 5.97. The fraction of sp³-hybridized carbons (Fsp3) is 0.600. The lowest BCUT2D eigenvalue weighted by molar-refractivity contribution is 0.00624. The lowest BCUT2D eigenvalue weighted by atomic mass is 9.94. The maximum atomic E-state index is 12.0. The molecule has 1 aromatic heterocycles. The lowest BCUT2D eigenvalue weighted by Gasteiger charge is -2.23. The molecule has 0 unspecified atom stereocenters. The van der Waals surface area contributed by atoms with Crippen molar-refractivity contribution in [3.05, 3.63) is 29.6 Å². The number of esters is 1. The van der Waals surface area contributed by atoms with Gasteiger partial charge in [-0.15, -0.1) is 0 Å². The minimum atomic E-state index is -0.483. The van der Waals surface area contributed by atoms with E-state index in [-0.39, 0.29) is 5.97 Å². The zero-order valence-corrected chi connectivity index (χ0v) is 11.9. The molecule has 0 atom stereocenters. The lowest BCUT2D eigenvalue weighted by Crippen LogP contribution is -2.28. The van der Waals surface area contributed by atoms with Gasteiger partial charge in [0.05, 0.1) is 0 Å². The van der Waals surface area contributed by atoms with E-state index in [4.69, 9.17) is 4.74 Å². The first-order valence-corrected chi connectivity index (χ1v) is 6.87. The van der Waals surface area contributed by atoms with Gasteiger partial charge in [-0.25, -0.2) is 9.78 Å². The number of piperidine rings is 1. The van der Waals surface area contributed by atoms with Crippen molar-refractivity contribution in [1.29, 1.82) is 0 Å². The zero-order chi connectivity index (χ0) is 13.9. The maximum absolute atomic E-state index is 12.0. The van der Waals surface area contributed by atoms with Crippen LogP contribution >= 0.6 is 0 Å². The number of aromatic nitrogens is 1. The van der Waals surface area contributed by atoms with E-state index in [0.717, 1.165) is 31.6 Å². The van der Waals surface area contributed by atoms with Gasteiger partial charge in [-0.2, -0.15) is 0 Å². The molecule has 0 saturated carbocycles. The van der Waals surface area contributed by atoms with E-state index in [9.17, 15) is 4.79 Å². The Balaban J connectivity index is 2.12. The van der Waals surface area contributed by atoms with Crippen LogP contribution in [0.25, 0.3) is 0 Å². The minimum absolute atomic E-state index is 0.344. The molecule has 2 rings (SSSR count). The SMILES string of the molecule is CC(C)(C)OC(=O)c1cccc(C2CCNCC2)n1. The van der Waals surface area contributed by atoms with Gasteiger partial charge in [0.15, 0.2) is 0 Å². The summed E-state index contributed by atoms with van der Waals surface area (Å²) in [5.41, 5.74) is 0.930. The van der Waals surface area contributed by atoms with Gasteiger partial charge in [0.1, 0.15) is 11.3 Å². The number of hydrogen-bond acceptors (Lipinski definition) is 4. The highest BCUT2D eigenvalue weighted by molar-refractivity contribution is 5.87. The van der Waals surface area contributed by atoms with Crippen molar-refractivity contribution in [1.82, 2.24) is 10.3 Å². The van der Waals surface area contributed by atoms with E-state index < -0.39 is 5.60 Å². The van der Waals surface area contributed by atoms with Crippen LogP contribution in [0.1, 0.15) is 55.7 Å². The number of ether oxygens (including phenoxy) is 1. The molecule has 19 heavy (non-hydrogen) atoms. The molecule has 4 heteroatoms. The normalized spacial score (nSPS) is 17.2. The fourth-order valence-electron chi connectivity index (χ4n) is 2.24. The summed E-state index contributed by atoms with van der Waals surface area (Å²) < 4.78 is 5.35. The first kappa shape index (κ1) is 14.0. The van der Waals surface area contributed by atoms with E-state index in [2.05, 4.69) is 10.3 Å². The highest BCUT2D eigenvalue weighted by atomic mass is 16.6. The Morgan fingerprint density at radius 3 is 2.63 bits per heavy atom. The van der Waals surface area contributed by atoms with Gasteiger partial charge in [-0.05, 0) is 58.8 Å². The number of carbonyl (C=O) groups excluding carboxylic acids is 1. The molecular weight excluding hydrogens is 240 g/mol. The number of nitrogens with one attached hydrogen (secondary N) is 1. The Kier molecular flexibility index (Phi) is 4.20. The standard InChI is InChI=1S/C15H22N2O2/c1-15(2,3)19-14(18)13-6-4-5-12(17-13)11-7-9-16-10-8-11/h4-6,11,16H,7-10H2,1-3H3. The Bertz CT molecular complexity index is 446. The average Bonchev–Trinajstić information content (AvgIpc) is 2.38. The molecule has 1 aliphatic heterocycles. The summed E-state index contributed by atoms with van der Waals surface area (Å²) in [4.78, 5) is 16.5. The van der Waals surface area contributed by atoms with Crippen LogP contribution in [-0.4, -0.2) is 29.6 Å². The molecule has 0 radical (unpaired) electrons. The molecule has 0 spiro atoms. The summed E-state index contributed by atoms with van der Waals surface area (Å²) in [5.74, 6) is 0.104. The Labute approximate surface area is 114 Å². The van der Waals surface area contributed by atoms with Crippen LogP contribution in [0.15, 0.2) is 18.2 Å². The van der Waals surface area contributed by atoms with E-state index in [1.807, 2.05) is 32.9 Å². The van der Waals surface area contributed by atoms with Crippen LogP contribution < -0.4 is 5.32 Å². The second kappa shape index (κ2) is 5.70. The monoisotopic (exact) mass is 262 g/mol. The van der Waals surface area contributed by atoms with Gasteiger partial charge in [-0.3, -0.25) is 0 Å². The highest BCUT2D eigenvalue weighted by Gasteiger charge is 2.21. The van der Waals surface area contributed by atoms with E-state index in [1.165, 1.54) is 0 Å². The van der Waals surface area contributed by atoms with Gasteiger partial charge in [0.2, 0.25) is 0 Å². The van der Waals surface area contributed by atoms with Gasteiger partial charge in [0, 0.05) is 11.6 Å². The third kappa shape index (κ3) is 4.03. The molecule has 1 N–H and O–H groups in total. The number of hydrogen-bond donors (Lipinski definition) is 1. The molecule has 0 bridgehead atoms. The van der Waals surface area contributed by atoms with Crippen LogP contribution in [0.3, 0.4) is 0 Å². The fourth-order valence-corrected chi connectivity index (χ4v) is 2.24. The van der Waals surface area contributed by atoms with Crippen molar-refractivity contribution in [2.24, 2.45) is 0 Å². The van der Waals surface area contributed by atoms with E-state index in [1.54, 1.807) is 6.07 Å². The minimum Gasteiger partial charge on any atom is -0.455 e. The summed E-state index contributed by atoms with van der Waals surface area (Å²) >= 11 is 0. The number of nitrogens with zero attached hydrogens (tertiary/aromatic N) is 1. The highest BCUT2D eigenvalue weighted by Crippen LogP contribution is 2.23. The molecule has 4 nitrogen and oxygen atoms in total. The van der Waals surface area contributed by atoms with Crippen LogP contribution in [0.5, 0.6) is 0 Å². The summed E-state index contributed by atoms with van der Waals surface area (Å²) in [5, 5.41) is 3.33. The molecule has 0 aromatic carbocycles. The zero-order valence-electron chi connectivity index (χ0n) is 11.9. The number of carbonyl (C=O) groups is 1. The third-order valence-corrected chi connectivity index (χ3v) is 3.14. The van der Waals surface area contributed by atoms with Gasteiger partial charge >= 0.3 is 5.97 Å². The van der Waals surface area contributed by atoms with Gasteiger partial charge in [0.25, 0.3) is 0 Å². The van der Waals surface area contributed by atoms with Gasteiger partial charge in [-0.1, -0.05) is 6.07 Å². The van der Waals surface area contributed by atoms with Crippen LogP contribution in [0.2, 0.25) is 0 Å². The predicted molar refractivity (Wildman–Crippen MR) is 74.3 cm³/mol. The molecule has 1 aliphatic rings. The maximum Gasteiger partial charge on any atom is 0.357 e. The largest absolute Gasteiger partial charge is 0.455 e. The number of pyridine rings is 1. The molecule has 0 amide bonds. The van der Waals surface area contributed by atoms with Gasteiger partial charge < -0.3 is 10.1 Å². The molecular formula is C15H22N2O2. The molecule has 1 saturated heterocycles. The Morgan fingerprint density at radius 2 is 2.00 bits per heavy atom. The topological polar surface area (TPSA) is 51.2 Å². The van der Waals surface area contributed by atoms with Crippen molar-refractivity contribution >= 4 is 5.97 Å². The van der Waals surface area contributed by atoms with E-state index >= 15 is 0 Å². The Morgan fingerprint density at radius 1 is 1.32 bits per heavy atom. The van der Waals surface area contributed by atoms with Crippen molar-refractivity contribution in [2.75, 3.05) is 13.1 Å². The van der Waals surface area contributed by atoms with Crippen LogP contribution in [0, 0.1) is 0 Å². The van der Waals surface area contributed by atoms with Crippen molar-refractivity contribution in [2.45, 2.75) is 45.1 Å². The Hall–Kier alpha value is -1.42. The number of rotatable bonds is 2. The van der Waals surface area contributed by atoms with Crippen LogP contribution in [-0.2, 0) is 4.74 Å². The van der Waals surface area contributed by atoms with E-state index in [0.29, 0.717) is 11.6 Å². The summed E-state index contributed by atoms with van der Waals surface area (Å²) in [6.07, 6.45) is 2.15. The smallest absolute Gasteiger partial charge is 0.357 e. The first-order chi connectivity index (χ1) is 8.96. The molecule has 1 aromatic rings. The summed E-state index contributed by atoms with van der Waals surface area (Å²) in [6.45, 7) is 7.62. The molecule has 104 valence electrons. The molecule has 0 aliphatic carbocycles. The predicted octanol–water partition coefficient (Wildman–Crippen LogP) is 2.50. The van der Waals surface area contributed by atoms with Crippen molar-refractivity contribution < 1.29 is 9.53 Å². The average molecular weight is 262 g/mol. The van der Waals surface area contributed by atoms with Crippen LogP contribution in [0.4, 0.5) is 0 Å². The quantitative estimate of drug-likeness (QED) is 0.832. The molecule has 1 fully saturated rings. The summed E-state index contributed by atoms with van der Waals surface area (Å²) in [7, 11) is 0. The summed E-state index contributed by atoms with van der Waals surface area (Å²) in [6, 6.07) is 5.62.